The first-order chi connectivity index (χ1) is 7.35. The van der Waals surface area contributed by atoms with Gasteiger partial charge in [0.1, 0.15) is 12.6 Å². The van der Waals surface area contributed by atoms with E-state index in [-0.39, 0.29) is 5.92 Å². The van der Waals surface area contributed by atoms with Crippen molar-refractivity contribution in [2.75, 3.05) is 0 Å². The quantitative estimate of drug-likeness (QED) is 0.298. The smallest absolute Gasteiger partial charge is 0.130 e. The first-order valence-corrected chi connectivity index (χ1v) is 6.25. The van der Waals surface area contributed by atoms with Crippen molar-refractivity contribution in [3.05, 3.63) is 0 Å². The Balaban J connectivity index is 3.10. The van der Waals surface area contributed by atoms with E-state index in [1.807, 2.05) is 0 Å². The van der Waals surface area contributed by atoms with Crippen LogP contribution in [0.1, 0.15) is 64.7 Å². The summed E-state index contributed by atoms with van der Waals surface area (Å²) in [7, 11) is 0. The van der Waals surface area contributed by atoms with Crippen LogP contribution in [0.15, 0.2) is 0 Å². The third kappa shape index (κ3) is 9.64. The zero-order valence-electron chi connectivity index (χ0n) is 9.91. The summed E-state index contributed by atoms with van der Waals surface area (Å²) < 4.78 is 0. The first-order valence-electron chi connectivity index (χ1n) is 6.25. The molecule has 0 unspecified atom stereocenters. The van der Waals surface area contributed by atoms with Crippen LogP contribution < -0.4 is 0 Å². The van der Waals surface area contributed by atoms with Crippen LogP contribution in [-0.4, -0.2) is 12.6 Å². The molecule has 2 nitrogen and oxygen atoms in total. The highest BCUT2D eigenvalue weighted by Gasteiger charge is 2.03. The molecule has 0 aromatic heterocycles. The highest BCUT2D eigenvalue weighted by molar-refractivity contribution is 5.77. The van der Waals surface area contributed by atoms with Crippen molar-refractivity contribution in [3.8, 4) is 0 Å². The molecular formula is C13H24O2. The molecule has 88 valence electrons. The number of rotatable bonds is 11. The van der Waals surface area contributed by atoms with Gasteiger partial charge in [-0.1, -0.05) is 58.3 Å². The fraction of sp³-hybridized carbons (Fsp3) is 0.846. The van der Waals surface area contributed by atoms with Gasteiger partial charge < -0.3 is 9.59 Å². The minimum absolute atomic E-state index is 0.356. The number of unbranched alkanes of at least 4 members (excludes halogenated alkanes) is 7. The van der Waals surface area contributed by atoms with Crippen LogP contribution in [0.5, 0.6) is 0 Å². The van der Waals surface area contributed by atoms with Crippen molar-refractivity contribution in [1.82, 2.24) is 0 Å². The van der Waals surface area contributed by atoms with E-state index in [1.165, 1.54) is 38.5 Å². The van der Waals surface area contributed by atoms with Crippen molar-refractivity contribution in [1.29, 1.82) is 0 Å². The normalized spacial score (nSPS) is 10.5. The summed E-state index contributed by atoms with van der Waals surface area (Å²) in [5.41, 5.74) is 0. The number of carbonyl (C=O) groups excluding carboxylic acids is 2. The van der Waals surface area contributed by atoms with E-state index in [1.54, 1.807) is 0 Å². The van der Waals surface area contributed by atoms with Crippen molar-refractivity contribution in [3.63, 3.8) is 0 Å². The molecule has 0 bridgehead atoms. The van der Waals surface area contributed by atoms with Gasteiger partial charge in [0.05, 0.1) is 5.92 Å². The van der Waals surface area contributed by atoms with Gasteiger partial charge in [0.2, 0.25) is 0 Å². The van der Waals surface area contributed by atoms with Gasteiger partial charge in [-0.25, -0.2) is 0 Å². The molecular weight excluding hydrogens is 188 g/mol. The minimum Gasteiger partial charge on any atom is -0.303 e. The number of hydrogen-bond acceptors (Lipinski definition) is 2. The third-order valence-corrected chi connectivity index (χ3v) is 2.74. The molecule has 0 fully saturated rings. The van der Waals surface area contributed by atoms with Gasteiger partial charge >= 0.3 is 0 Å². The highest BCUT2D eigenvalue weighted by Crippen LogP contribution is 2.11. The van der Waals surface area contributed by atoms with Crippen LogP contribution in [0.4, 0.5) is 0 Å². The Labute approximate surface area is 93.4 Å². The van der Waals surface area contributed by atoms with E-state index >= 15 is 0 Å². The summed E-state index contributed by atoms with van der Waals surface area (Å²) >= 11 is 0. The second kappa shape index (κ2) is 11.4. The predicted molar refractivity (Wildman–Crippen MR) is 62.8 cm³/mol. The SMILES string of the molecule is CCCCCCCCCCC(C=O)C=O. The van der Waals surface area contributed by atoms with Gasteiger partial charge in [0.15, 0.2) is 0 Å². The Morgan fingerprint density at radius 3 is 1.73 bits per heavy atom. The molecule has 0 heterocycles. The summed E-state index contributed by atoms with van der Waals surface area (Å²) in [4.78, 5) is 20.7. The van der Waals surface area contributed by atoms with Crippen molar-refractivity contribution < 1.29 is 9.59 Å². The van der Waals surface area contributed by atoms with E-state index in [9.17, 15) is 9.59 Å². The Morgan fingerprint density at radius 2 is 1.27 bits per heavy atom. The summed E-state index contributed by atoms with van der Waals surface area (Å²) in [6.45, 7) is 2.22. The Bertz CT molecular complexity index is 147. The number of aldehydes is 2. The monoisotopic (exact) mass is 212 g/mol. The lowest BCUT2D eigenvalue weighted by molar-refractivity contribution is -0.119. The fourth-order valence-corrected chi connectivity index (χ4v) is 1.68. The molecule has 0 saturated heterocycles. The van der Waals surface area contributed by atoms with Gasteiger partial charge in [-0.2, -0.15) is 0 Å². The second-order valence-electron chi connectivity index (χ2n) is 4.20. The van der Waals surface area contributed by atoms with Crippen LogP contribution >= 0.6 is 0 Å². The summed E-state index contributed by atoms with van der Waals surface area (Å²) in [5, 5.41) is 0. The Kier molecular flexibility index (Phi) is 10.9. The van der Waals surface area contributed by atoms with Gasteiger partial charge in [-0.15, -0.1) is 0 Å². The molecule has 0 aromatic carbocycles. The van der Waals surface area contributed by atoms with Crippen LogP contribution in [-0.2, 0) is 9.59 Å². The van der Waals surface area contributed by atoms with Gasteiger partial charge in [0.25, 0.3) is 0 Å². The molecule has 0 spiro atoms. The second-order valence-corrected chi connectivity index (χ2v) is 4.20. The lowest BCUT2D eigenvalue weighted by Gasteiger charge is -2.02. The van der Waals surface area contributed by atoms with E-state index < -0.39 is 0 Å². The molecule has 0 amide bonds. The van der Waals surface area contributed by atoms with Crippen molar-refractivity contribution in [2.24, 2.45) is 5.92 Å². The van der Waals surface area contributed by atoms with E-state index in [2.05, 4.69) is 6.92 Å². The summed E-state index contributed by atoms with van der Waals surface area (Å²) in [6, 6.07) is 0. The van der Waals surface area contributed by atoms with Crippen molar-refractivity contribution in [2.45, 2.75) is 64.7 Å². The molecule has 2 heteroatoms. The highest BCUT2D eigenvalue weighted by atomic mass is 16.1. The van der Waals surface area contributed by atoms with Crippen LogP contribution in [0.3, 0.4) is 0 Å². The minimum atomic E-state index is -0.356. The standard InChI is InChI=1S/C13H24O2/c1-2-3-4-5-6-7-8-9-10-13(11-14)12-15/h11-13H,2-10H2,1H3. The van der Waals surface area contributed by atoms with Crippen LogP contribution in [0.2, 0.25) is 0 Å². The maximum absolute atomic E-state index is 10.3. The lowest BCUT2D eigenvalue weighted by atomic mass is 10.0. The van der Waals surface area contributed by atoms with Gasteiger partial charge in [0, 0.05) is 0 Å². The molecule has 0 aliphatic carbocycles. The molecule has 0 saturated carbocycles. The Hall–Kier alpha value is -0.660. The molecule has 0 aliphatic heterocycles. The molecule has 0 N–H and O–H groups in total. The third-order valence-electron chi connectivity index (χ3n) is 2.74. The summed E-state index contributed by atoms with van der Waals surface area (Å²) in [5.74, 6) is -0.356. The largest absolute Gasteiger partial charge is 0.303 e. The molecule has 0 rings (SSSR count). The molecule has 0 aliphatic rings. The number of carbonyl (C=O) groups is 2. The predicted octanol–water partition coefficient (Wildman–Crippen LogP) is 3.53. The van der Waals surface area contributed by atoms with Gasteiger partial charge in [-0.3, -0.25) is 0 Å². The maximum atomic E-state index is 10.3. The van der Waals surface area contributed by atoms with Gasteiger partial charge in [-0.05, 0) is 6.42 Å². The van der Waals surface area contributed by atoms with Crippen LogP contribution in [0, 0.1) is 5.92 Å². The zero-order valence-corrected chi connectivity index (χ0v) is 9.91. The zero-order chi connectivity index (χ0) is 11.4. The molecule has 15 heavy (non-hydrogen) atoms. The molecule has 0 aromatic rings. The van der Waals surface area contributed by atoms with E-state index in [0.29, 0.717) is 0 Å². The Morgan fingerprint density at radius 1 is 0.800 bits per heavy atom. The first kappa shape index (κ1) is 14.3. The fourth-order valence-electron chi connectivity index (χ4n) is 1.68. The molecule has 0 atom stereocenters. The topological polar surface area (TPSA) is 34.1 Å². The van der Waals surface area contributed by atoms with E-state index in [0.717, 1.165) is 31.8 Å². The summed E-state index contributed by atoms with van der Waals surface area (Å²) in [6.07, 6.45) is 12.3. The number of hydrogen-bond donors (Lipinski definition) is 0. The van der Waals surface area contributed by atoms with E-state index in [4.69, 9.17) is 0 Å². The van der Waals surface area contributed by atoms with Crippen LogP contribution in [0.25, 0.3) is 0 Å². The average molecular weight is 212 g/mol. The average Bonchev–Trinajstić information content (AvgIpc) is 2.27. The van der Waals surface area contributed by atoms with Crippen molar-refractivity contribution >= 4 is 12.6 Å². The molecule has 0 radical (unpaired) electrons. The lowest BCUT2D eigenvalue weighted by Crippen LogP contribution is -2.02. The maximum Gasteiger partial charge on any atom is 0.130 e.